The van der Waals surface area contributed by atoms with Crippen LogP contribution in [0.4, 0.5) is 0 Å². The molecule has 0 aromatic heterocycles. The van der Waals surface area contributed by atoms with E-state index in [1.807, 2.05) is 0 Å². The number of allylic oxidation sites excluding steroid dienone is 3. The maximum atomic E-state index is 10.8. The monoisotopic (exact) mass is 247 g/mol. The van der Waals surface area contributed by atoms with Crippen molar-refractivity contribution in [2.45, 2.75) is 52.9 Å². The molecule has 0 saturated heterocycles. The third-order valence-corrected chi connectivity index (χ3v) is 4.99. The summed E-state index contributed by atoms with van der Waals surface area (Å²) in [6.45, 7) is 10.9. The maximum absolute atomic E-state index is 10.8. The summed E-state index contributed by atoms with van der Waals surface area (Å²) in [6.07, 6.45) is 7.02. The highest BCUT2D eigenvalue weighted by Crippen LogP contribution is 2.58. The molecule has 0 unspecified atom stereocenters. The number of carbonyl (C=O) groups is 1. The van der Waals surface area contributed by atoms with Gasteiger partial charge in [0, 0.05) is 11.6 Å². The Morgan fingerprint density at radius 1 is 1.44 bits per heavy atom. The summed E-state index contributed by atoms with van der Waals surface area (Å²) in [4.78, 5) is 10.8. The van der Waals surface area contributed by atoms with Gasteiger partial charge in [-0.25, -0.2) is 0 Å². The topological polar surface area (TPSA) is 29.1 Å². The summed E-state index contributed by atoms with van der Waals surface area (Å²) in [5, 5.41) is 2.95. The molecule has 0 aliphatic heterocycles. The van der Waals surface area contributed by atoms with Crippen molar-refractivity contribution in [2.75, 3.05) is 0 Å². The van der Waals surface area contributed by atoms with Crippen LogP contribution >= 0.6 is 0 Å². The third-order valence-electron chi connectivity index (χ3n) is 4.99. The van der Waals surface area contributed by atoms with Gasteiger partial charge in [-0.1, -0.05) is 24.6 Å². The van der Waals surface area contributed by atoms with Gasteiger partial charge in [0.1, 0.15) is 0 Å². The summed E-state index contributed by atoms with van der Waals surface area (Å²) in [7, 11) is 0. The first kappa shape index (κ1) is 13.4. The van der Waals surface area contributed by atoms with Gasteiger partial charge in [-0.2, -0.15) is 0 Å². The molecule has 2 heteroatoms. The molecule has 100 valence electrons. The van der Waals surface area contributed by atoms with E-state index in [2.05, 4.69) is 32.7 Å². The second-order valence-corrected chi connectivity index (χ2v) is 6.46. The van der Waals surface area contributed by atoms with Crippen molar-refractivity contribution in [3.63, 3.8) is 0 Å². The number of hydrogen-bond donors (Lipinski definition) is 1. The summed E-state index contributed by atoms with van der Waals surface area (Å²) >= 11 is 0. The van der Waals surface area contributed by atoms with Gasteiger partial charge in [0.25, 0.3) is 0 Å². The van der Waals surface area contributed by atoms with Crippen molar-refractivity contribution in [1.82, 2.24) is 5.32 Å². The Balaban J connectivity index is 2.32. The highest BCUT2D eigenvalue weighted by molar-refractivity contribution is 5.51. The van der Waals surface area contributed by atoms with Crippen LogP contribution in [0, 0.1) is 17.3 Å². The van der Waals surface area contributed by atoms with Crippen LogP contribution in [0.2, 0.25) is 0 Å². The molecule has 2 aliphatic carbocycles. The maximum Gasteiger partial charge on any atom is 0.211 e. The second-order valence-electron chi connectivity index (χ2n) is 6.46. The Morgan fingerprint density at radius 2 is 2.17 bits per heavy atom. The summed E-state index contributed by atoms with van der Waals surface area (Å²) < 4.78 is 0. The molecule has 2 aliphatic rings. The summed E-state index contributed by atoms with van der Waals surface area (Å²) in [5.41, 5.74) is 4.18. The van der Waals surface area contributed by atoms with Gasteiger partial charge < -0.3 is 5.32 Å². The quantitative estimate of drug-likeness (QED) is 0.596. The van der Waals surface area contributed by atoms with Crippen molar-refractivity contribution in [1.29, 1.82) is 0 Å². The molecular formula is C16H25NO. The number of amides is 1. The lowest BCUT2D eigenvalue weighted by atomic mass is 9.65. The van der Waals surface area contributed by atoms with Crippen LogP contribution in [0.1, 0.15) is 52.9 Å². The fourth-order valence-electron chi connectivity index (χ4n) is 4.22. The number of carbonyl (C=O) groups excluding carboxylic acids is 1. The lowest BCUT2D eigenvalue weighted by Gasteiger charge is -2.40. The molecule has 1 N–H and O–H groups in total. The molecule has 0 aromatic rings. The molecular weight excluding hydrogens is 222 g/mol. The van der Waals surface area contributed by atoms with E-state index in [0.717, 1.165) is 18.5 Å². The van der Waals surface area contributed by atoms with E-state index in [0.29, 0.717) is 17.3 Å². The zero-order valence-electron chi connectivity index (χ0n) is 11.9. The predicted molar refractivity (Wildman–Crippen MR) is 74.9 cm³/mol. The van der Waals surface area contributed by atoms with Gasteiger partial charge in [-0.15, -0.1) is 0 Å². The van der Waals surface area contributed by atoms with Gasteiger partial charge in [0.05, 0.1) is 0 Å². The molecule has 2 saturated carbocycles. The average molecular weight is 247 g/mol. The minimum Gasteiger partial charge on any atom is -0.332 e. The summed E-state index contributed by atoms with van der Waals surface area (Å²) in [5.74, 6) is 1.03. The van der Waals surface area contributed by atoms with Gasteiger partial charge in [0.15, 0.2) is 0 Å². The number of nitrogens with one attached hydrogen (secondary N) is 1. The normalized spacial score (nSPS) is 34.9. The highest BCUT2D eigenvalue weighted by atomic mass is 16.1. The largest absolute Gasteiger partial charge is 0.332 e. The van der Waals surface area contributed by atoms with E-state index in [-0.39, 0.29) is 0 Å². The fraction of sp³-hybridized carbons (Fsp3) is 0.688. The molecule has 18 heavy (non-hydrogen) atoms. The minimum atomic E-state index is 0.408. The van der Waals surface area contributed by atoms with Crippen molar-refractivity contribution >= 4 is 6.41 Å². The fourth-order valence-corrected chi connectivity index (χ4v) is 4.22. The van der Waals surface area contributed by atoms with Crippen LogP contribution in [-0.4, -0.2) is 6.41 Å². The van der Waals surface area contributed by atoms with E-state index in [4.69, 9.17) is 0 Å². The number of rotatable bonds is 3. The van der Waals surface area contributed by atoms with Crippen molar-refractivity contribution in [2.24, 2.45) is 17.3 Å². The van der Waals surface area contributed by atoms with Crippen molar-refractivity contribution in [3.8, 4) is 0 Å². The number of fused-ring (bicyclic) bond motifs is 1. The van der Waals surface area contributed by atoms with Gasteiger partial charge in [-0.05, 0) is 57.3 Å². The molecule has 1 amide bonds. The molecule has 0 bridgehead atoms. The van der Waals surface area contributed by atoms with Crippen molar-refractivity contribution in [3.05, 3.63) is 23.4 Å². The van der Waals surface area contributed by atoms with Gasteiger partial charge in [0.2, 0.25) is 6.41 Å². The van der Waals surface area contributed by atoms with Crippen LogP contribution < -0.4 is 5.32 Å². The van der Waals surface area contributed by atoms with E-state index in [1.165, 1.54) is 36.8 Å². The molecule has 0 spiro atoms. The first-order chi connectivity index (χ1) is 8.49. The zero-order chi connectivity index (χ0) is 13.3. The van der Waals surface area contributed by atoms with E-state index < -0.39 is 0 Å². The Kier molecular flexibility index (Phi) is 3.65. The summed E-state index contributed by atoms with van der Waals surface area (Å²) in [6, 6.07) is 0. The molecule has 0 aromatic carbocycles. The Hall–Kier alpha value is -1.05. The van der Waals surface area contributed by atoms with Crippen LogP contribution in [0.15, 0.2) is 23.4 Å². The third kappa shape index (κ3) is 2.13. The highest BCUT2D eigenvalue weighted by Gasteiger charge is 2.48. The average Bonchev–Trinajstić information content (AvgIpc) is 2.64. The molecule has 0 heterocycles. The van der Waals surface area contributed by atoms with E-state index in [9.17, 15) is 4.79 Å². The standard InChI is InChI=1S/C16H25NO/c1-11(2)15(17-10-18)13-7-9-16(4)8-5-6-12(3)14(13)16/h10,13-14H,3,5-9H2,1-2,4H3,(H,17,18)/t13-,14+,16-/m0/s1. The minimum absolute atomic E-state index is 0.408. The van der Waals surface area contributed by atoms with Gasteiger partial charge in [-0.3, -0.25) is 4.79 Å². The lowest BCUT2D eigenvalue weighted by molar-refractivity contribution is -0.109. The SMILES string of the molecule is C=C1CCC[C@@]2(C)CC[C@H](C(NC=O)=C(C)C)[C@@H]12. The smallest absolute Gasteiger partial charge is 0.211 e. The Bertz CT molecular complexity index is 392. The van der Waals surface area contributed by atoms with Gasteiger partial charge >= 0.3 is 0 Å². The zero-order valence-corrected chi connectivity index (χ0v) is 11.9. The first-order valence-electron chi connectivity index (χ1n) is 7.05. The first-order valence-corrected chi connectivity index (χ1v) is 7.05. The molecule has 2 rings (SSSR count). The Morgan fingerprint density at radius 3 is 2.78 bits per heavy atom. The molecule has 3 atom stereocenters. The lowest BCUT2D eigenvalue weighted by Crippen LogP contribution is -2.33. The molecule has 2 fully saturated rings. The van der Waals surface area contributed by atoms with Crippen LogP contribution in [0.25, 0.3) is 0 Å². The van der Waals surface area contributed by atoms with E-state index in [1.54, 1.807) is 0 Å². The molecule has 2 nitrogen and oxygen atoms in total. The second kappa shape index (κ2) is 4.91. The Labute approximate surface area is 111 Å². The van der Waals surface area contributed by atoms with E-state index >= 15 is 0 Å². The number of hydrogen-bond acceptors (Lipinski definition) is 1. The van der Waals surface area contributed by atoms with Crippen molar-refractivity contribution < 1.29 is 4.79 Å². The van der Waals surface area contributed by atoms with Crippen LogP contribution in [-0.2, 0) is 4.79 Å². The predicted octanol–water partition coefficient (Wildman–Crippen LogP) is 3.80. The molecule has 0 radical (unpaired) electrons. The van der Waals surface area contributed by atoms with Crippen LogP contribution in [0.3, 0.4) is 0 Å². The van der Waals surface area contributed by atoms with Crippen LogP contribution in [0.5, 0.6) is 0 Å².